The van der Waals surface area contributed by atoms with E-state index in [2.05, 4.69) is 19.1 Å². The lowest BCUT2D eigenvalue weighted by atomic mass is 10.0. The Kier molecular flexibility index (Phi) is 3.15. The van der Waals surface area contributed by atoms with Crippen LogP contribution in [0.15, 0.2) is 17.0 Å². The summed E-state index contributed by atoms with van der Waals surface area (Å²) in [4.78, 5) is 12.4. The Hall–Kier alpha value is -0.760. The minimum Gasteiger partial charge on any atom is -0.294 e. The van der Waals surface area contributed by atoms with E-state index in [1.54, 1.807) is 18.7 Å². The minimum atomic E-state index is 0.154. The number of thioether (sulfide) groups is 1. The van der Waals surface area contributed by atoms with Crippen molar-refractivity contribution in [3.05, 3.63) is 28.8 Å². The van der Waals surface area contributed by atoms with Crippen LogP contribution in [0.4, 0.5) is 0 Å². The first-order chi connectivity index (χ1) is 6.06. The highest BCUT2D eigenvalue weighted by Gasteiger charge is 2.09. The molecule has 0 heterocycles. The number of rotatable bonds is 2. The molecule has 0 N–H and O–H groups in total. The molecule has 0 spiro atoms. The van der Waals surface area contributed by atoms with Gasteiger partial charge in [0.15, 0.2) is 5.78 Å². The van der Waals surface area contributed by atoms with E-state index in [1.807, 2.05) is 13.2 Å². The summed E-state index contributed by atoms with van der Waals surface area (Å²) in [5.41, 5.74) is 3.17. The Bertz CT molecular complexity index is 342. The summed E-state index contributed by atoms with van der Waals surface area (Å²) in [7, 11) is 0. The highest BCUT2D eigenvalue weighted by atomic mass is 32.2. The van der Waals surface area contributed by atoms with Gasteiger partial charge >= 0.3 is 0 Å². The van der Waals surface area contributed by atoms with Crippen LogP contribution in [0.25, 0.3) is 0 Å². The van der Waals surface area contributed by atoms with E-state index in [4.69, 9.17) is 0 Å². The van der Waals surface area contributed by atoms with Crippen molar-refractivity contribution in [2.45, 2.75) is 25.7 Å². The third-order valence-corrected chi connectivity index (χ3v) is 2.78. The first-order valence-corrected chi connectivity index (χ1v) is 5.45. The van der Waals surface area contributed by atoms with Gasteiger partial charge in [-0.05, 0) is 44.2 Å². The molecule has 0 fully saturated rings. The van der Waals surface area contributed by atoms with Gasteiger partial charge in [0.05, 0.1) is 0 Å². The largest absolute Gasteiger partial charge is 0.294 e. The molecule has 0 atom stereocenters. The summed E-state index contributed by atoms with van der Waals surface area (Å²) >= 11 is 1.63. The number of aryl methyl sites for hydroxylation is 2. The monoisotopic (exact) mass is 194 g/mol. The molecule has 1 aromatic carbocycles. The predicted molar refractivity (Wildman–Crippen MR) is 57.7 cm³/mol. The SMILES string of the molecule is CSc1cc(C)cc(C)c1C(C)=O. The van der Waals surface area contributed by atoms with Crippen molar-refractivity contribution in [3.8, 4) is 0 Å². The zero-order valence-electron chi connectivity index (χ0n) is 8.47. The number of benzene rings is 1. The highest BCUT2D eigenvalue weighted by molar-refractivity contribution is 7.98. The van der Waals surface area contributed by atoms with Gasteiger partial charge in [-0.25, -0.2) is 0 Å². The summed E-state index contributed by atoms with van der Waals surface area (Å²) < 4.78 is 0. The Labute approximate surface area is 83.5 Å². The van der Waals surface area contributed by atoms with Crippen LogP contribution in [0.1, 0.15) is 28.4 Å². The number of hydrogen-bond donors (Lipinski definition) is 0. The smallest absolute Gasteiger partial charge is 0.161 e. The molecule has 0 aliphatic carbocycles. The van der Waals surface area contributed by atoms with Gasteiger partial charge in [-0.2, -0.15) is 0 Å². The zero-order chi connectivity index (χ0) is 10.0. The Morgan fingerprint density at radius 3 is 2.38 bits per heavy atom. The number of ketones is 1. The van der Waals surface area contributed by atoms with Gasteiger partial charge in [0.1, 0.15) is 0 Å². The van der Waals surface area contributed by atoms with E-state index in [-0.39, 0.29) is 5.78 Å². The summed E-state index contributed by atoms with van der Waals surface area (Å²) in [6.45, 7) is 5.66. The van der Waals surface area contributed by atoms with Crippen molar-refractivity contribution in [1.29, 1.82) is 0 Å². The van der Waals surface area contributed by atoms with Crippen LogP contribution in [-0.4, -0.2) is 12.0 Å². The first kappa shape index (κ1) is 10.3. The lowest BCUT2D eigenvalue weighted by molar-refractivity contribution is 0.101. The molecular formula is C11H14OS. The Morgan fingerprint density at radius 2 is 1.92 bits per heavy atom. The van der Waals surface area contributed by atoms with Crippen molar-refractivity contribution >= 4 is 17.5 Å². The van der Waals surface area contributed by atoms with Gasteiger partial charge in [-0.1, -0.05) is 6.07 Å². The molecule has 2 heteroatoms. The average Bonchev–Trinajstić information content (AvgIpc) is 2.01. The lowest BCUT2D eigenvalue weighted by Gasteiger charge is -2.08. The van der Waals surface area contributed by atoms with Gasteiger partial charge in [0, 0.05) is 10.5 Å². The third kappa shape index (κ3) is 2.13. The standard InChI is InChI=1S/C11H14OS/c1-7-5-8(2)11(9(3)12)10(6-7)13-4/h5-6H,1-4H3. The van der Waals surface area contributed by atoms with Crippen molar-refractivity contribution in [1.82, 2.24) is 0 Å². The van der Waals surface area contributed by atoms with Crippen LogP contribution in [0.3, 0.4) is 0 Å². The van der Waals surface area contributed by atoms with E-state index in [0.717, 1.165) is 16.0 Å². The van der Waals surface area contributed by atoms with Crippen molar-refractivity contribution in [2.24, 2.45) is 0 Å². The molecule has 0 aliphatic rings. The molecule has 70 valence electrons. The maximum absolute atomic E-state index is 11.3. The van der Waals surface area contributed by atoms with Gasteiger partial charge < -0.3 is 0 Å². The van der Waals surface area contributed by atoms with E-state index in [0.29, 0.717) is 0 Å². The van der Waals surface area contributed by atoms with E-state index in [9.17, 15) is 4.79 Å². The molecule has 0 radical (unpaired) electrons. The van der Waals surface area contributed by atoms with Crippen LogP contribution < -0.4 is 0 Å². The number of Topliss-reactive ketones (excluding diaryl/α,β-unsaturated/α-hetero) is 1. The molecule has 0 aliphatic heterocycles. The van der Waals surface area contributed by atoms with Gasteiger partial charge in [0.2, 0.25) is 0 Å². The van der Waals surface area contributed by atoms with Crippen LogP contribution in [0.5, 0.6) is 0 Å². The van der Waals surface area contributed by atoms with Crippen LogP contribution >= 0.6 is 11.8 Å². The van der Waals surface area contributed by atoms with Crippen LogP contribution in [0, 0.1) is 13.8 Å². The summed E-state index contributed by atoms with van der Waals surface area (Å²) in [6, 6.07) is 4.12. The van der Waals surface area contributed by atoms with E-state index in [1.165, 1.54) is 5.56 Å². The number of carbonyl (C=O) groups excluding carboxylic acids is 1. The second-order valence-corrected chi connectivity index (χ2v) is 4.06. The molecular weight excluding hydrogens is 180 g/mol. The van der Waals surface area contributed by atoms with E-state index < -0.39 is 0 Å². The topological polar surface area (TPSA) is 17.1 Å². The Balaban J connectivity index is 3.38. The molecule has 0 bridgehead atoms. The normalized spacial score (nSPS) is 10.2. The average molecular weight is 194 g/mol. The second-order valence-electron chi connectivity index (χ2n) is 3.22. The van der Waals surface area contributed by atoms with Gasteiger partial charge in [-0.3, -0.25) is 4.79 Å². The molecule has 1 aromatic rings. The minimum absolute atomic E-state index is 0.154. The fourth-order valence-corrected chi connectivity index (χ4v) is 2.35. The van der Waals surface area contributed by atoms with Gasteiger partial charge in [-0.15, -0.1) is 11.8 Å². The van der Waals surface area contributed by atoms with Gasteiger partial charge in [0.25, 0.3) is 0 Å². The fraction of sp³-hybridized carbons (Fsp3) is 0.364. The van der Waals surface area contributed by atoms with Crippen LogP contribution in [-0.2, 0) is 0 Å². The molecule has 0 saturated heterocycles. The molecule has 1 rings (SSSR count). The third-order valence-electron chi connectivity index (χ3n) is 2.02. The molecule has 1 nitrogen and oxygen atoms in total. The molecule has 0 aromatic heterocycles. The number of hydrogen-bond acceptors (Lipinski definition) is 2. The summed E-state index contributed by atoms with van der Waals surface area (Å²) in [5, 5.41) is 0. The van der Waals surface area contributed by atoms with E-state index >= 15 is 0 Å². The molecule has 13 heavy (non-hydrogen) atoms. The molecule has 0 amide bonds. The lowest BCUT2D eigenvalue weighted by Crippen LogP contribution is -1.99. The summed E-state index contributed by atoms with van der Waals surface area (Å²) in [5.74, 6) is 0.154. The second kappa shape index (κ2) is 3.97. The highest BCUT2D eigenvalue weighted by Crippen LogP contribution is 2.25. The predicted octanol–water partition coefficient (Wildman–Crippen LogP) is 3.23. The summed E-state index contributed by atoms with van der Waals surface area (Å²) in [6.07, 6.45) is 2.00. The molecule has 0 unspecified atom stereocenters. The maximum Gasteiger partial charge on any atom is 0.161 e. The van der Waals surface area contributed by atoms with Crippen molar-refractivity contribution in [2.75, 3.05) is 6.26 Å². The van der Waals surface area contributed by atoms with Crippen molar-refractivity contribution < 1.29 is 4.79 Å². The maximum atomic E-state index is 11.3. The quantitative estimate of drug-likeness (QED) is 0.531. The van der Waals surface area contributed by atoms with Crippen LogP contribution in [0.2, 0.25) is 0 Å². The Morgan fingerprint density at radius 1 is 1.31 bits per heavy atom. The fourth-order valence-electron chi connectivity index (χ4n) is 1.54. The molecule has 0 saturated carbocycles. The van der Waals surface area contributed by atoms with Crippen molar-refractivity contribution in [3.63, 3.8) is 0 Å². The number of carbonyl (C=O) groups is 1. The zero-order valence-corrected chi connectivity index (χ0v) is 9.29. The first-order valence-electron chi connectivity index (χ1n) is 4.22.